The van der Waals surface area contributed by atoms with E-state index >= 15 is 0 Å². The van der Waals surface area contributed by atoms with Crippen LogP contribution in [0.15, 0.2) is 60.7 Å². The molecule has 2 aromatic carbocycles. The lowest BCUT2D eigenvalue weighted by atomic mass is 10.1. The summed E-state index contributed by atoms with van der Waals surface area (Å²) in [4.78, 5) is 0. The Balaban J connectivity index is 1.74. The summed E-state index contributed by atoms with van der Waals surface area (Å²) in [6, 6.07) is 18.8. The third kappa shape index (κ3) is 5.94. The minimum absolute atomic E-state index is 0.631. The van der Waals surface area contributed by atoms with Crippen LogP contribution in [0.5, 0.6) is 0 Å². The number of rotatable bonds is 8. The first-order chi connectivity index (χ1) is 10.4. The SMILES string of the molecule is CCNCc1cccc(COCC=Cc2ccccc2)c1. The van der Waals surface area contributed by atoms with Crippen LogP contribution >= 0.6 is 0 Å². The molecule has 0 atom stereocenters. The maximum atomic E-state index is 5.69. The molecule has 0 aliphatic carbocycles. The lowest BCUT2D eigenvalue weighted by Crippen LogP contribution is -2.11. The van der Waals surface area contributed by atoms with E-state index in [1.54, 1.807) is 0 Å². The summed E-state index contributed by atoms with van der Waals surface area (Å²) in [5.74, 6) is 0. The Morgan fingerprint density at radius 1 is 1.00 bits per heavy atom. The normalized spacial score (nSPS) is 11.1. The van der Waals surface area contributed by atoms with E-state index in [1.165, 1.54) is 16.7 Å². The first kappa shape index (κ1) is 15.5. The van der Waals surface area contributed by atoms with Crippen LogP contribution in [0.1, 0.15) is 23.6 Å². The van der Waals surface area contributed by atoms with E-state index in [1.807, 2.05) is 18.2 Å². The lowest BCUT2D eigenvalue weighted by molar-refractivity contribution is 0.149. The molecule has 0 saturated carbocycles. The van der Waals surface area contributed by atoms with Gasteiger partial charge in [-0.3, -0.25) is 0 Å². The standard InChI is InChI=1S/C19H23NO/c1-2-20-15-18-10-6-11-19(14-18)16-21-13-7-12-17-8-4-3-5-9-17/h3-12,14,20H,2,13,15-16H2,1H3. The van der Waals surface area contributed by atoms with Crippen molar-refractivity contribution in [1.82, 2.24) is 5.32 Å². The Labute approximate surface area is 127 Å². The smallest absolute Gasteiger partial charge is 0.0721 e. The summed E-state index contributed by atoms with van der Waals surface area (Å²) in [7, 11) is 0. The minimum Gasteiger partial charge on any atom is -0.373 e. The zero-order valence-electron chi connectivity index (χ0n) is 12.6. The fourth-order valence-electron chi connectivity index (χ4n) is 2.09. The topological polar surface area (TPSA) is 21.3 Å². The molecule has 0 bridgehead atoms. The molecule has 0 unspecified atom stereocenters. The zero-order valence-corrected chi connectivity index (χ0v) is 12.6. The molecule has 0 aliphatic rings. The van der Waals surface area contributed by atoms with Crippen molar-refractivity contribution in [2.24, 2.45) is 0 Å². The maximum Gasteiger partial charge on any atom is 0.0721 e. The van der Waals surface area contributed by atoms with Crippen molar-refractivity contribution in [3.8, 4) is 0 Å². The second kappa shape index (κ2) is 9.11. The van der Waals surface area contributed by atoms with Gasteiger partial charge in [-0.15, -0.1) is 0 Å². The molecule has 0 aromatic heterocycles. The van der Waals surface area contributed by atoms with Crippen molar-refractivity contribution in [2.75, 3.05) is 13.2 Å². The molecule has 1 N–H and O–H groups in total. The van der Waals surface area contributed by atoms with E-state index in [4.69, 9.17) is 4.74 Å². The van der Waals surface area contributed by atoms with Gasteiger partial charge < -0.3 is 10.1 Å². The average Bonchev–Trinajstić information content (AvgIpc) is 2.54. The number of nitrogens with one attached hydrogen (secondary N) is 1. The van der Waals surface area contributed by atoms with Gasteiger partial charge in [0.1, 0.15) is 0 Å². The third-order valence-corrected chi connectivity index (χ3v) is 3.16. The van der Waals surface area contributed by atoms with Gasteiger partial charge >= 0.3 is 0 Å². The molecule has 2 rings (SSSR count). The van der Waals surface area contributed by atoms with Crippen molar-refractivity contribution >= 4 is 6.08 Å². The van der Waals surface area contributed by atoms with Gasteiger partial charge in [-0.2, -0.15) is 0 Å². The zero-order chi connectivity index (χ0) is 14.8. The van der Waals surface area contributed by atoms with Gasteiger partial charge in [-0.1, -0.05) is 73.7 Å². The molecule has 0 aliphatic heterocycles. The predicted octanol–water partition coefficient (Wildman–Crippen LogP) is 4.03. The van der Waals surface area contributed by atoms with Crippen molar-refractivity contribution in [1.29, 1.82) is 0 Å². The first-order valence-corrected chi connectivity index (χ1v) is 7.46. The Morgan fingerprint density at radius 3 is 2.62 bits per heavy atom. The molecule has 2 aromatic rings. The Hall–Kier alpha value is -1.90. The van der Waals surface area contributed by atoms with Crippen LogP contribution in [0, 0.1) is 0 Å². The molecule has 0 fully saturated rings. The molecule has 0 radical (unpaired) electrons. The molecule has 110 valence electrons. The molecular formula is C19H23NO. The number of benzene rings is 2. The second-order valence-corrected chi connectivity index (χ2v) is 4.93. The van der Waals surface area contributed by atoms with Crippen LogP contribution in [-0.4, -0.2) is 13.2 Å². The van der Waals surface area contributed by atoms with Crippen LogP contribution in [0.3, 0.4) is 0 Å². The van der Waals surface area contributed by atoms with Crippen LogP contribution in [0.4, 0.5) is 0 Å². The van der Waals surface area contributed by atoms with E-state index in [0.29, 0.717) is 13.2 Å². The summed E-state index contributed by atoms with van der Waals surface area (Å²) < 4.78 is 5.69. The summed E-state index contributed by atoms with van der Waals surface area (Å²) in [5, 5.41) is 3.33. The Bertz CT molecular complexity index is 549. The number of hydrogen-bond acceptors (Lipinski definition) is 2. The van der Waals surface area contributed by atoms with E-state index in [-0.39, 0.29) is 0 Å². The molecular weight excluding hydrogens is 258 g/mol. The summed E-state index contributed by atoms with van der Waals surface area (Å²) in [5.41, 5.74) is 3.73. The highest BCUT2D eigenvalue weighted by atomic mass is 16.5. The van der Waals surface area contributed by atoms with E-state index in [0.717, 1.165) is 13.1 Å². The quantitative estimate of drug-likeness (QED) is 0.738. The molecule has 0 amide bonds. The third-order valence-electron chi connectivity index (χ3n) is 3.16. The molecule has 0 saturated heterocycles. The first-order valence-electron chi connectivity index (χ1n) is 7.46. The van der Waals surface area contributed by atoms with Crippen molar-refractivity contribution < 1.29 is 4.74 Å². The van der Waals surface area contributed by atoms with Gasteiger partial charge in [0.2, 0.25) is 0 Å². The van der Waals surface area contributed by atoms with Crippen molar-refractivity contribution in [3.63, 3.8) is 0 Å². The van der Waals surface area contributed by atoms with Gasteiger partial charge in [0.05, 0.1) is 13.2 Å². The van der Waals surface area contributed by atoms with Gasteiger partial charge in [0, 0.05) is 6.54 Å². The fourth-order valence-corrected chi connectivity index (χ4v) is 2.09. The van der Waals surface area contributed by atoms with Crippen LogP contribution in [0.25, 0.3) is 6.08 Å². The monoisotopic (exact) mass is 281 g/mol. The van der Waals surface area contributed by atoms with E-state index in [2.05, 4.69) is 60.8 Å². The van der Waals surface area contributed by atoms with Gasteiger partial charge in [-0.25, -0.2) is 0 Å². The van der Waals surface area contributed by atoms with Gasteiger partial charge in [-0.05, 0) is 23.2 Å². The highest BCUT2D eigenvalue weighted by molar-refractivity contribution is 5.48. The number of ether oxygens (including phenoxy) is 1. The average molecular weight is 281 g/mol. The predicted molar refractivity (Wildman–Crippen MR) is 89.0 cm³/mol. The van der Waals surface area contributed by atoms with Gasteiger partial charge in [0.15, 0.2) is 0 Å². The summed E-state index contributed by atoms with van der Waals surface area (Å²) in [6.07, 6.45) is 4.14. The van der Waals surface area contributed by atoms with Crippen LogP contribution in [0.2, 0.25) is 0 Å². The van der Waals surface area contributed by atoms with Crippen molar-refractivity contribution in [3.05, 3.63) is 77.4 Å². The molecule has 0 spiro atoms. The summed E-state index contributed by atoms with van der Waals surface area (Å²) >= 11 is 0. The van der Waals surface area contributed by atoms with Crippen LogP contribution < -0.4 is 5.32 Å². The fraction of sp³-hybridized carbons (Fsp3) is 0.263. The molecule has 0 heterocycles. The van der Waals surface area contributed by atoms with Crippen molar-refractivity contribution in [2.45, 2.75) is 20.1 Å². The molecule has 2 heteroatoms. The number of hydrogen-bond donors (Lipinski definition) is 1. The second-order valence-electron chi connectivity index (χ2n) is 4.93. The highest BCUT2D eigenvalue weighted by Gasteiger charge is 1.96. The largest absolute Gasteiger partial charge is 0.373 e. The highest BCUT2D eigenvalue weighted by Crippen LogP contribution is 2.07. The summed E-state index contributed by atoms with van der Waals surface area (Å²) in [6.45, 7) is 5.31. The van der Waals surface area contributed by atoms with E-state index < -0.39 is 0 Å². The Kier molecular flexibility index (Phi) is 6.72. The maximum absolute atomic E-state index is 5.69. The Morgan fingerprint density at radius 2 is 1.81 bits per heavy atom. The van der Waals surface area contributed by atoms with Crippen LogP contribution in [-0.2, 0) is 17.9 Å². The minimum atomic E-state index is 0.631. The van der Waals surface area contributed by atoms with E-state index in [9.17, 15) is 0 Å². The lowest BCUT2D eigenvalue weighted by Gasteiger charge is -2.06. The molecule has 2 nitrogen and oxygen atoms in total. The van der Waals surface area contributed by atoms with Gasteiger partial charge in [0.25, 0.3) is 0 Å². The molecule has 21 heavy (non-hydrogen) atoms.